The van der Waals surface area contributed by atoms with Gasteiger partial charge in [-0.2, -0.15) is 0 Å². The number of aromatic nitrogens is 2. The molecule has 1 heterocycles. The maximum Gasteiger partial charge on any atom is 0.257 e. The van der Waals surface area contributed by atoms with Crippen LogP contribution in [0, 0.1) is 18.7 Å². The lowest BCUT2D eigenvalue weighted by molar-refractivity contribution is 0.0670. The molecular weight excluding hydrogens is 469 g/mol. The van der Waals surface area contributed by atoms with E-state index < -0.39 is 21.6 Å². The molecule has 9 heteroatoms. The van der Waals surface area contributed by atoms with E-state index in [1.165, 1.54) is 36.4 Å². The molecule has 0 fully saturated rings. The molecule has 1 aromatic heterocycles. The Morgan fingerprint density at radius 3 is 2.49 bits per heavy atom. The van der Waals surface area contributed by atoms with Crippen molar-refractivity contribution in [1.29, 1.82) is 0 Å². The van der Waals surface area contributed by atoms with Gasteiger partial charge in [-0.15, -0.1) is 0 Å². The largest absolute Gasteiger partial charge is 0.383 e. The monoisotopic (exact) mass is 501 g/mol. The standard InChI is InChI=1S/C26H32FN3O4S/c1-19(2)16-30-22(15-28-26(30)35(32,33)18-21-10-6-5-9-20(21)3)17-29(13-14-34-4)25(31)23-11-7-8-12-24(23)27/h5-12,15,19H,13-14,16-18H2,1-4H3. The Morgan fingerprint density at radius 1 is 1.14 bits per heavy atom. The number of hydrogen-bond donors (Lipinski definition) is 0. The molecule has 0 aliphatic rings. The summed E-state index contributed by atoms with van der Waals surface area (Å²) in [7, 11) is -2.24. The maximum atomic E-state index is 14.3. The number of amides is 1. The number of methoxy groups -OCH3 is 1. The van der Waals surface area contributed by atoms with E-state index in [-0.39, 0.29) is 42.1 Å². The van der Waals surface area contributed by atoms with Crippen molar-refractivity contribution < 1.29 is 22.3 Å². The SMILES string of the molecule is COCCN(Cc1cnc(S(=O)(=O)Cc2ccccc2C)n1CC(C)C)C(=O)c1ccccc1F. The molecule has 0 N–H and O–H groups in total. The van der Waals surface area contributed by atoms with Gasteiger partial charge in [0.15, 0.2) is 0 Å². The predicted molar refractivity (Wildman–Crippen MR) is 132 cm³/mol. The van der Waals surface area contributed by atoms with Crippen molar-refractivity contribution in [2.24, 2.45) is 5.92 Å². The summed E-state index contributed by atoms with van der Waals surface area (Å²) in [6.07, 6.45) is 1.49. The van der Waals surface area contributed by atoms with Crippen molar-refractivity contribution in [3.63, 3.8) is 0 Å². The molecule has 0 aliphatic heterocycles. The van der Waals surface area contributed by atoms with Gasteiger partial charge in [0, 0.05) is 20.2 Å². The van der Waals surface area contributed by atoms with Gasteiger partial charge >= 0.3 is 0 Å². The minimum atomic E-state index is -3.76. The second-order valence-corrected chi connectivity index (χ2v) is 10.8. The van der Waals surface area contributed by atoms with Gasteiger partial charge in [-0.1, -0.05) is 50.2 Å². The highest BCUT2D eigenvalue weighted by Gasteiger charge is 2.27. The molecule has 7 nitrogen and oxygen atoms in total. The molecule has 0 saturated carbocycles. The van der Waals surface area contributed by atoms with Gasteiger partial charge in [-0.25, -0.2) is 17.8 Å². The Hall–Kier alpha value is -3.04. The second kappa shape index (κ2) is 11.6. The van der Waals surface area contributed by atoms with E-state index in [1.807, 2.05) is 39.0 Å². The van der Waals surface area contributed by atoms with Crippen LogP contribution in [-0.4, -0.2) is 49.0 Å². The number of carbonyl (C=O) groups is 1. The molecule has 35 heavy (non-hydrogen) atoms. The van der Waals surface area contributed by atoms with Gasteiger partial charge in [-0.3, -0.25) is 4.79 Å². The van der Waals surface area contributed by atoms with Crippen molar-refractivity contribution >= 4 is 15.7 Å². The van der Waals surface area contributed by atoms with Crippen molar-refractivity contribution in [2.75, 3.05) is 20.3 Å². The van der Waals surface area contributed by atoms with Crippen LogP contribution in [0.15, 0.2) is 59.9 Å². The molecule has 0 spiro atoms. The average Bonchev–Trinajstić information content (AvgIpc) is 3.20. The lowest BCUT2D eigenvalue weighted by Crippen LogP contribution is -2.35. The molecule has 0 bridgehead atoms. The first-order chi connectivity index (χ1) is 16.6. The Kier molecular flexibility index (Phi) is 8.80. The summed E-state index contributed by atoms with van der Waals surface area (Å²) in [5.74, 6) is -1.15. The first-order valence-corrected chi connectivity index (χ1v) is 13.1. The van der Waals surface area contributed by atoms with Crippen molar-refractivity contribution in [3.8, 4) is 0 Å². The highest BCUT2D eigenvalue weighted by molar-refractivity contribution is 7.90. The molecule has 0 radical (unpaired) electrons. The number of sulfone groups is 1. The highest BCUT2D eigenvalue weighted by Crippen LogP contribution is 2.22. The van der Waals surface area contributed by atoms with Crippen molar-refractivity contribution in [2.45, 2.75) is 44.8 Å². The maximum absolute atomic E-state index is 14.3. The summed E-state index contributed by atoms with van der Waals surface area (Å²) >= 11 is 0. The number of aryl methyl sites for hydroxylation is 1. The first kappa shape index (κ1) is 26.6. The van der Waals surface area contributed by atoms with E-state index in [0.29, 0.717) is 17.8 Å². The zero-order valence-electron chi connectivity index (χ0n) is 20.6. The Balaban J connectivity index is 1.98. The minimum Gasteiger partial charge on any atom is -0.383 e. The number of benzene rings is 2. The van der Waals surface area contributed by atoms with Crippen LogP contribution in [0.25, 0.3) is 0 Å². The smallest absolute Gasteiger partial charge is 0.257 e. The number of nitrogens with zero attached hydrogens (tertiary/aromatic N) is 3. The van der Waals surface area contributed by atoms with Crippen molar-refractivity contribution in [3.05, 3.63) is 82.9 Å². The molecule has 188 valence electrons. The summed E-state index contributed by atoms with van der Waals surface area (Å²) in [5.41, 5.74) is 2.11. The van der Waals surface area contributed by atoms with Gasteiger partial charge in [0.25, 0.3) is 5.91 Å². The Bertz CT molecular complexity index is 1270. The van der Waals surface area contributed by atoms with Crippen LogP contribution in [0.5, 0.6) is 0 Å². The van der Waals surface area contributed by atoms with Gasteiger partial charge in [0.2, 0.25) is 15.0 Å². The summed E-state index contributed by atoms with van der Waals surface area (Å²) in [6.45, 7) is 6.76. The van der Waals surface area contributed by atoms with E-state index in [0.717, 1.165) is 5.56 Å². The van der Waals surface area contributed by atoms with Crippen molar-refractivity contribution in [1.82, 2.24) is 14.5 Å². The molecular formula is C26H32FN3O4S. The highest BCUT2D eigenvalue weighted by atomic mass is 32.2. The quantitative estimate of drug-likeness (QED) is 0.392. The van der Waals surface area contributed by atoms with E-state index >= 15 is 0 Å². The van der Waals surface area contributed by atoms with Crippen LogP contribution >= 0.6 is 0 Å². The minimum absolute atomic E-state index is 0.0329. The molecule has 0 saturated heterocycles. The predicted octanol–water partition coefficient (Wildman–Crippen LogP) is 4.25. The molecule has 0 atom stereocenters. The van der Waals surface area contributed by atoms with Crippen LogP contribution in [0.4, 0.5) is 4.39 Å². The van der Waals surface area contributed by atoms with Crippen LogP contribution < -0.4 is 0 Å². The Labute approximate surface area is 206 Å². The molecule has 0 aliphatic carbocycles. The molecule has 0 unspecified atom stereocenters. The van der Waals surface area contributed by atoms with Gasteiger partial charge < -0.3 is 14.2 Å². The topological polar surface area (TPSA) is 81.5 Å². The third-order valence-corrected chi connectivity index (χ3v) is 7.22. The second-order valence-electron chi connectivity index (χ2n) is 8.92. The van der Waals surface area contributed by atoms with E-state index in [4.69, 9.17) is 4.74 Å². The fraction of sp³-hybridized carbons (Fsp3) is 0.385. The van der Waals surface area contributed by atoms with Gasteiger partial charge in [-0.05, 0) is 36.1 Å². The number of halogens is 1. The molecule has 2 aromatic carbocycles. The number of rotatable bonds is 11. The van der Waals surface area contributed by atoms with E-state index in [2.05, 4.69) is 4.98 Å². The third kappa shape index (κ3) is 6.55. The normalized spacial score (nSPS) is 11.7. The van der Waals surface area contributed by atoms with Gasteiger partial charge in [0.1, 0.15) is 5.82 Å². The Morgan fingerprint density at radius 2 is 1.83 bits per heavy atom. The number of ether oxygens (including phenoxy) is 1. The summed E-state index contributed by atoms with van der Waals surface area (Å²) in [6, 6.07) is 13.1. The summed E-state index contributed by atoms with van der Waals surface area (Å²) in [5, 5.41) is -0.0329. The van der Waals surface area contributed by atoms with Crippen LogP contribution in [0.3, 0.4) is 0 Å². The lowest BCUT2D eigenvalue weighted by Gasteiger charge is -2.24. The van der Waals surface area contributed by atoms with E-state index in [1.54, 1.807) is 16.7 Å². The fourth-order valence-electron chi connectivity index (χ4n) is 3.82. The summed E-state index contributed by atoms with van der Waals surface area (Å²) < 4.78 is 47.9. The van der Waals surface area contributed by atoms with Crippen LogP contribution in [0.1, 0.15) is 41.0 Å². The van der Waals surface area contributed by atoms with Crippen LogP contribution in [0.2, 0.25) is 0 Å². The third-order valence-electron chi connectivity index (χ3n) is 5.64. The van der Waals surface area contributed by atoms with Gasteiger partial charge in [0.05, 0.1) is 36.4 Å². The number of imidazole rings is 1. The first-order valence-electron chi connectivity index (χ1n) is 11.5. The molecule has 1 amide bonds. The lowest BCUT2D eigenvalue weighted by atomic mass is 10.1. The molecule has 3 aromatic rings. The van der Waals surface area contributed by atoms with E-state index in [9.17, 15) is 17.6 Å². The molecule has 3 rings (SSSR count). The zero-order chi connectivity index (χ0) is 25.6. The van der Waals surface area contributed by atoms with Crippen LogP contribution in [-0.2, 0) is 33.4 Å². The number of hydrogen-bond acceptors (Lipinski definition) is 5. The average molecular weight is 502 g/mol. The summed E-state index contributed by atoms with van der Waals surface area (Å²) in [4.78, 5) is 18.9. The fourth-order valence-corrected chi connectivity index (χ4v) is 5.43. The zero-order valence-corrected chi connectivity index (χ0v) is 21.4. The number of carbonyl (C=O) groups excluding carboxylic acids is 1.